The lowest BCUT2D eigenvalue weighted by atomic mass is 10.1. The number of hydrogen-bond donors (Lipinski definition) is 4. The van der Waals surface area contributed by atoms with Crippen LogP contribution in [0.3, 0.4) is 0 Å². The molecule has 5 rings (SSSR count). The first-order chi connectivity index (χ1) is 23.9. The van der Waals surface area contributed by atoms with Crippen LogP contribution in [0.5, 0.6) is 0 Å². The average molecular weight is 714 g/mol. The van der Waals surface area contributed by atoms with Crippen LogP contribution in [-0.2, 0) is 23.9 Å². The number of rotatable bonds is 7. The summed E-state index contributed by atoms with van der Waals surface area (Å²) in [7, 11) is 3.08. The quantitative estimate of drug-likeness (QED) is 0.208. The number of fused-ring (bicyclic) bond motifs is 1. The summed E-state index contributed by atoms with van der Waals surface area (Å²) in [5.41, 5.74) is 5.24. The molecule has 0 saturated carbocycles. The van der Waals surface area contributed by atoms with Gasteiger partial charge in [-0.15, -0.1) is 0 Å². The third kappa shape index (κ3) is 13.2. The highest BCUT2D eigenvalue weighted by molar-refractivity contribution is 7.17. The Hall–Kier alpha value is -4.91. The summed E-state index contributed by atoms with van der Waals surface area (Å²) in [5, 5.41) is 5.31. The Bertz CT molecular complexity index is 1580. The van der Waals surface area contributed by atoms with Crippen LogP contribution in [0.4, 0.5) is 10.6 Å². The molecule has 274 valence electrons. The summed E-state index contributed by atoms with van der Waals surface area (Å²) < 4.78 is 6.29. The highest BCUT2D eigenvalue weighted by Gasteiger charge is 2.32. The molecule has 0 aliphatic carbocycles. The van der Waals surface area contributed by atoms with Crippen LogP contribution in [0.2, 0.25) is 0 Å². The number of nitrogens with one attached hydrogen (secondary N) is 3. The molecule has 3 aromatic rings. The lowest BCUT2D eigenvalue weighted by Gasteiger charge is -2.24. The maximum Gasteiger partial charge on any atom is 0.407 e. The molecule has 2 atom stereocenters. The second-order valence-electron chi connectivity index (χ2n) is 12.0. The molecule has 15 nitrogen and oxygen atoms in total. The predicted molar refractivity (Wildman–Crippen MR) is 192 cm³/mol. The summed E-state index contributed by atoms with van der Waals surface area (Å²) in [6.07, 6.45) is 11.1. The zero-order valence-electron chi connectivity index (χ0n) is 30.1. The Balaban J connectivity index is 0.000000331. The Morgan fingerprint density at radius 2 is 1.78 bits per heavy atom. The first kappa shape index (κ1) is 41.3. The summed E-state index contributed by atoms with van der Waals surface area (Å²) in [6, 6.07) is -0.302. The van der Waals surface area contributed by atoms with E-state index in [1.807, 2.05) is 28.7 Å². The number of alkyl carbamates (subject to hydrolysis) is 1. The van der Waals surface area contributed by atoms with Crippen molar-refractivity contribution in [3.8, 4) is 11.8 Å². The topological polar surface area (TPSA) is 197 Å². The number of H-pyrrole nitrogens is 1. The Kier molecular flexibility index (Phi) is 17.5. The predicted octanol–water partition coefficient (Wildman–Crippen LogP) is 3.71. The first-order valence-electron chi connectivity index (χ1n) is 16.7. The molecule has 0 aromatic carbocycles. The molecule has 16 heteroatoms. The Labute approximate surface area is 297 Å². The summed E-state index contributed by atoms with van der Waals surface area (Å²) in [5.74, 6) is 7.98. The fourth-order valence-corrected chi connectivity index (χ4v) is 5.87. The van der Waals surface area contributed by atoms with E-state index in [0.29, 0.717) is 25.3 Å². The van der Waals surface area contributed by atoms with E-state index in [0.717, 1.165) is 59.3 Å². The fourth-order valence-electron chi connectivity index (χ4n) is 5.05. The number of thiazole rings is 1. The normalized spacial score (nSPS) is 16.1. The number of nitrogens with zero attached hydrogens (tertiary/aromatic N) is 5. The number of imidazole rings is 2. The van der Waals surface area contributed by atoms with Crippen LogP contribution in [0.15, 0.2) is 18.6 Å². The van der Waals surface area contributed by atoms with Gasteiger partial charge in [0.2, 0.25) is 17.7 Å². The van der Waals surface area contributed by atoms with Crippen LogP contribution in [0.1, 0.15) is 95.6 Å². The van der Waals surface area contributed by atoms with Gasteiger partial charge in [-0.1, -0.05) is 45.5 Å². The Morgan fingerprint density at radius 1 is 1.12 bits per heavy atom. The van der Waals surface area contributed by atoms with E-state index in [1.54, 1.807) is 17.5 Å². The third-order valence-electron chi connectivity index (χ3n) is 7.15. The van der Waals surface area contributed by atoms with Crippen molar-refractivity contribution in [2.45, 2.75) is 85.2 Å². The maximum absolute atomic E-state index is 12.5. The molecule has 2 fully saturated rings. The highest BCUT2D eigenvalue weighted by atomic mass is 32.1. The van der Waals surface area contributed by atoms with Gasteiger partial charge in [0.25, 0.3) is 0 Å². The van der Waals surface area contributed by atoms with Gasteiger partial charge in [0, 0.05) is 39.7 Å². The SMILES string of the molecule is CC(N)=O.CCC.CNc1cn2cc(C#Cc3cnc([C@@H]4CCCN4C(=O)CC(C)C)[nH]3)sc2n1.COC(=O)NCC(=O)N1CCC[C@H]1C=O. The second-order valence-corrected chi connectivity index (χ2v) is 13.0. The molecule has 2 saturated heterocycles. The number of primary amides is 1. The van der Waals surface area contributed by atoms with Crippen molar-refractivity contribution in [1.82, 2.24) is 34.5 Å². The van der Waals surface area contributed by atoms with Crippen molar-refractivity contribution < 1.29 is 28.7 Å². The van der Waals surface area contributed by atoms with Gasteiger partial charge in [0.05, 0.1) is 36.5 Å². The Morgan fingerprint density at radius 3 is 2.38 bits per heavy atom. The average Bonchev–Trinajstić information content (AvgIpc) is 3.90. The van der Waals surface area contributed by atoms with Crippen LogP contribution in [0, 0.1) is 17.8 Å². The lowest BCUT2D eigenvalue weighted by Crippen LogP contribution is -2.43. The van der Waals surface area contributed by atoms with Crippen LogP contribution in [-0.4, -0.2) is 99.1 Å². The molecule has 5 heterocycles. The summed E-state index contributed by atoms with van der Waals surface area (Å²) >= 11 is 1.55. The molecule has 2 aliphatic heterocycles. The van der Waals surface area contributed by atoms with Gasteiger partial charge in [-0.05, 0) is 43.4 Å². The van der Waals surface area contributed by atoms with Crippen LogP contribution >= 0.6 is 11.3 Å². The van der Waals surface area contributed by atoms with E-state index in [9.17, 15) is 24.0 Å². The molecule has 0 spiro atoms. The van der Waals surface area contributed by atoms with E-state index in [1.165, 1.54) is 25.4 Å². The number of likely N-dealkylation sites (tertiary alicyclic amines) is 2. The van der Waals surface area contributed by atoms with Crippen molar-refractivity contribution in [3.05, 3.63) is 35.0 Å². The standard InChI is InChI=1S/C20H24N6OS.C9H14N2O4.C3H8.C2H5NO/c1-13(2)9-18(27)26-8-4-5-16(26)19-22-10-14(23-19)6-7-15-11-25-12-17(21-3)24-20(25)28-15;1-15-9(14)10-5-8(13)11-4-2-3-7(11)6-12;1-3-2;1-2(3)4/h10-13,16,21H,4-5,8-9H2,1-3H3,(H,22,23);6-7H,2-5H2,1H3,(H,10,14);3H2,1-2H3;1H3,(H2,3,4)/t16-;7-;;/m00../s1. The van der Waals surface area contributed by atoms with Gasteiger partial charge in [0.1, 0.15) is 30.2 Å². The van der Waals surface area contributed by atoms with Crippen molar-refractivity contribution >= 4 is 52.2 Å². The number of methoxy groups -OCH3 is 1. The van der Waals surface area contributed by atoms with E-state index in [2.05, 4.69) is 75.6 Å². The molecule has 3 aromatic heterocycles. The van der Waals surface area contributed by atoms with Crippen molar-refractivity contribution in [2.75, 3.05) is 39.1 Å². The zero-order valence-corrected chi connectivity index (χ0v) is 30.9. The van der Waals surface area contributed by atoms with Crippen molar-refractivity contribution in [3.63, 3.8) is 0 Å². The maximum atomic E-state index is 12.5. The molecule has 2 aliphatic rings. The van der Waals surface area contributed by atoms with Gasteiger partial charge in [-0.25, -0.2) is 14.8 Å². The number of hydrogen-bond acceptors (Lipinski definition) is 10. The molecule has 4 amide bonds. The molecule has 5 N–H and O–H groups in total. The minimum Gasteiger partial charge on any atom is -0.453 e. The zero-order chi connectivity index (χ0) is 37.2. The molecule has 0 radical (unpaired) electrons. The van der Waals surface area contributed by atoms with Gasteiger partial charge in [-0.3, -0.25) is 18.8 Å². The number of aromatic amines is 1. The first-order valence-corrected chi connectivity index (χ1v) is 17.5. The third-order valence-corrected chi connectivity index (χ3v) is 8.06. The fraction of sp³-hybridized carbons (Fsp3) is 0.559. The largest absolute Gasteiger partial charge is 0.453 e. The van der Waals surface area contributed by atoms with E-state index < -0.39 is 6.09 Å². The van der Waals surface area contributed by atoms with Gasteiger partial charge >= 0.3 is 6.09 Å². The van der Waals surface area contributed by atoms with E-state index in [-0.39, 0.29) is 36.3 Å². The smallest absolute Gasteiger partial charge is 0.407 e. The minimum atomic E-state index is -0.648. The number of carbonyl (C=O) groups is 5. The summed E-state index contributed by atoms with van der Waals surface area (Å²) in [4.78, 5) is 72.1. The number of anilines is 1. The van der Waals surface area contributed by atoms with Gasteiger partial charge < -0.3 is 40.7 Å². The lowest BCUT2D eigenvalue weighted by molar-refractivity contribution is -0.133. The minimum absolute atomic E-state index is 0.0341. The van der Waals surface area contributed by atoms with E-state index >= 15 is 0 Å². The monoisotopic (exact) mass is 713 g/mol. The molecule has 0 bridgehead atoms. The number of carbonyl (C=O) groups excluding carboxylic acids is 5. The number of aldehydes is 1. The molecule has 50 heavy (non-hydrogen) atoms. The van der Waals surface area contributed by atoms with Crippen LogP contribution in [0.25, 0.3) is 4.96 Å². The molecular formula is C34H51N9O6S. The highest BCUT2D eigenvalue weighted by Crippen LogP contribution is 2.31. The number of nitrogens with two attached hydrogens (primary N) is 1. The number of ether oxygens (including phenoxy) is 1. The summed E-state index contributed by atoms with van der Waals surface area (Å²) in [6.45, 7) is 11.0. The van der Waals surface area contributed by atoms with E-state index in [4.69, 9.17) is 0 Å². The van der Waals surface area contributed by atoms with Crippen molar-refractivity contribution in [1.29, 1.82) is 0 Å². The number of aromatic nitrogens is 4. The van der Waals surface area contributed by atoms with Crippen LogP contribution < -0.4 is 16.4 Å². The van der Waals surface area contributed by atoms with Crippen molar-refractivity contribution in [2.24, 2.45) is 11.7 Å². The van der Waals surface area contributed by atoms with Gasteiger partial charge in [-0.2, -0.15) is 0 Å². The second kappa shape index (κ2) is 21.2. The molecular weight excluding hydrogens is 662 g/mol. The van der Waals surface area contributed by atoms with Gasteiger partial charge in [0.15, 0.2) is 4.96 Å². The number of amides is 4. The molecule has 0 unspecified atom stereocenters.